The van der Waals surface area contributed by atoms with E-state index in [-0.39, 0.29) is 0 Å². The second-order valence-corrected chi connectivity index (χ2v) is 5.63. The van der Waals surface area contributed by atoms with Crippen LogP contribution in [0.25, 0.3) is 10.2 Å². The lowest BCUT2D eigenvalue weighted by atomic mass is 10.1. The van der Waals surface area contributed by atoms with Crippen molar-refractivity contribution < 1.29 is 4.74 Å². The van der Waals surface area contributed by atoms with Crippen molar-refractivity contribution in [1.29, 1.82) is 0 Å². The van der Waals surface area contributed by atoms with Crippen LogP contribution in [0.15, 0.2) is 18.2 Å². The molecule has 1 N–H and O–H groups in total. The topological polar surface area (TPSA) is 34.1 Å². The monoisotopic (exact) mass is 248 g/mol. The molecule has 1 unspecified atom stereocenters. The Kier molecular flexibility index (Phi) is 2.99. The number of hydrogen-bond acceptors (Lipinski definition) is 4. The standard InChI is InChI=1S/C13H16N2OS/c1-9-2-3-12-11(6-9)15-13(17-12)14-7-10-4-5-16-8-10/h2-3,6,10H,4-5,7-8H2,1H3,(H,14,15). The predicted octanol–water partition coefficient (Wildman–Crippen LogP) is 3.05. The van der Waals surface area contributed by atoms with E-state index in [0.717, 1.165) is 36.8 Å². The average Bonchev–Trinajstić information content (AvgIpc) is 2.94. The molecule has 2 heterocycles. The number of benzene rings is 1. The largest absolute Gasteiger partial charge is 0.381 e. The first-order valence-electron chi connectivity index (χ1n) is 6.00. The Morgan fingerprint density at radius 3 is 3.29 bits per heavy atom. The van der Waals surface area contributed by atoms with Crippen molar-refractivity contribution in [3.63, 3.8) is 0 Å². The predicted molar refractivity (Wildman–Crippen MR) is 71.8 cm³/mol. The molecule has 0 saturated carbocycles. The molecule has 1 aromatic carbocycles. The number of aromatic nitrogens is 1. The van der Waals surface area contributed by atoms with E-state index in [9.17, 15) is 0 Å². The summed E-state index contributed by atoms with van der Waals surface area (Å²) in [7, 11) is 0. The van der Waals surface area contributed by atoms with Crippen LogP contribution >= 0.6 is 11.3 Å². The van der Waals surface area contributed by atoms with Crippen LogP contribution < -0.4 is 5.32 Å². The zero-order valence-electron chi connectivity index (χ0n) is 9.90. The highest BCUT2D eigenvalue weighted by molar-refractivity contribution is 7.22. The van der Waals surface area contributed by atoms with E-state index in [1.807, 2.05) is 0 Å². The molecular weight excluding hydrogens is 232 g/mol. The normalized spacial score (nSPS) is 19.9. The van der Waals surface area contributed by atoms with Crippen LogP contribution in [0, 0.1) is 12.8 Å². The molecule has 1 aliphatic heterocycles. The summed E-state index contributed by atoms with van der Waals surface area (Å²) >= 11 is 1.73. The summed E-state index contributed by atoms with van der Waals surface area (Å²) in [5, 5.41) is 4.45. The molecule has 1 fully saturated rings. The summed E-state index contributed by atoms with van der Waals surface area (Å²) in [6.45, 7) is 4.86. The average molecular weight is 248 g/mol. The molecule has 2 aromatic rings. The molecule has 1 aliphatic rings. The fraction of sp³-hybridized carbons (Fsp3) is 0.462. The minimum atomic E-state index is 0.642. The van der Waals surface area contributed by atoms with E-state index in [1.54, 1.807) is 11.3 Å². The molecule has 0 amide bonds. The van der Waals surface area contributed by atoms with Gasteiger partial charge in [-0.25, -0.2) is 4.98 Å². The molecule has 0 aliphatic carbocycles. The van der Waals surface area contributed by atoms with Crippen LogP contribution in [0.2, 0.25) is 0 Å². The Hall–Kier alpha value is -1.13. The van der Waals surface area contributed by atoms with E-state index in [2.05, 4.69) is 35.4 Å². The van der Waals surface area contributed by atoms with E-state index in [1.165, 1.54) is 10.3 Å². The van der Waals surface area contributed by atoms with Gasteiger partial charge in [0.1, 0.15) is 0 Å². The number of nitrogens with zero attached hydrogens (tertiary/aromatic N) is 1. The first-order chi connectivity index (χ1) is 8.31. The fourth-order valence-electron chi connectivity index (χ4n) is 2.09. The van der Waals surface area contributed by atoms with Gasteiger partial charge in [0.2, 0.25) is 0 Å². The third kappa shape index (κ3) is 2.42. The van der Waals surface area contributed by atoms with Gasteiger partial charge >= 0.3 is 0 Å². The molecule has 17 heavy (non-hydrogen) atoms. The Labute approximate surface area is 105 Å². The number of thiazole rings is 1. The first-order valence-corrected chi connectivity index (χ1v) is 6.82. The molecule has 1 aromatic heterocycles. The van der Waals surface area contributed by atoms with E-state index >= 15 is 0 Å². The first kappa shape index (κ1) is 11.0. The number of nitrogens with one attached hydrogen (secondary N) is 1. The van der Waals surface area contributed by atoms with E-state index in [4.69, 9.17) is 4.74 Å². The lowest BCUT2D eigenvalue weighted by molar-refractivity contribution is 0.187. The summed E-state index contributed by atoms with van der Waals surface area (Å²) in [5.41, 5.74) is 2.36. The van der Waals surface area contributed by atoms with Crippen LogP contribution in [0.1, 0.15) is 12.0 Å². The molecule has 0 spiro atoms. The van der Waals surface area contributed by atoms with Gasteiger partial charge in [0.15, 0.2) is 5.13 Å². The van der Waals surface area contributed by atoms with E-state index in [0.29, 0.717) is 5.92 Å². The van der Waals surface area contributed by atoms with Gasteiger partial charge in [-0.05, 0) is 31.0 Å². The maximum atomic E-state index is 5.36. The van der Waals surface area contributed by atoms with Crippen LogP contribution in [0.3, 0.4) is 0 Å². The zero-order chi connectivity index (χ0) is 11.7. The van der Waals surface area contributed by atoms with Gasteiger partial charge < -0.3 is 10.1 Å². The molecule has 4 heteroatoms. The Bertz CT molecular complexity index is 517. The van der Waals surface area contributed by atoms with Gasteiger partial charge in [0, 0.05) is 19.1 Å². The van der Waals surface area contributed by atoms with Crippen molar-refractivity contribution in [1.82, 2.24) is 4.98 Å². The summed E-state index contributed by atoms with van der Waals surface area (Å²) in [5.74, 6) is 0.642. The SMILES string of the molecule is Cc1ccc2sc(NCC3CCOC3)nc2c1. The van der Waals surface area contributed by atoms with Crippen molar-refractivity contribution in [2.75, 3.05) is 25.1 Å². The Morgan fingerprint density at radius 2 is 2.47 bits per heavy atom. The zero-order valence-corrected chi connectivity index (χ0v) is 10.7. The summed E-state index contributed by atoms with van der Waals surface area (Å²) in [6, 6.07) is 6.41. The van der Waals surface area contributed by atoms with Crippen molar-refractivity contribution >= 4 is 26.7 Å². The highest BCUT2D eigenvalue weighted by Gasteiger charge is 2.15. The quantitative estimate of drug-likeness (QED) is 0.906. The highest BCUT2D eigenvalue weighted by Crippen LogP contribution is 2.27. The van der Waals surface area contributed by atoms with Crippen LogP contribution in [0.4, 0.5) is 5.13 Å². The Balaban J connectivity index is 1.72. The number of rotatable bonds is 3. The third-order valence-corrected chi connectivity index (χ3v) is 4.10. The van der Waals surface area contributed by atoms with Gasteiger partial charge in [-0.1, -0.05) is 17.4 Å². The molecular formula is C13H16N2OS. The number of aryl methyl sites for hydroxylation is 1. The number of hydrogen-bond donors (Lipinski definition) is 1. The smallest absolute Gasteiger partial charge is 0.183 e. The van der Waals surface area contributed by atoms with Crippen molar-refractivity contribution in [2.24, 2.45) is 5.92 Å². The second kappa shape index (κ2) is 4.63. The van der Waals surface area contributed by atoms with Crippen molar-refractivity contribution in [2.45, 2.75) is 13.3 Å². The van der Waals surface area contributed by atoms with Crippen molar-refractivity contribution in [3.05, 3.63) is 23.8 Å². The summed E-state index contributed by atoms with van der Waals surface area (Å²) in [4.78, 5) is 4.60. The Morgan fingerprint density at radius 1 is 1.53 bits per heavy atom. The second-order valence-electron chi connectivity index (χ2n) is 4.60. The number of fused-ring (bicyclic) bond motifs is 1. The summed E-state index contributed by atoms with van der Waals surface area (Å²) in [6.07, 6.45) is 1.16. The fourth-order valence-corrected chi connectivity index (χ4v) is 2.94. The minimum absolute atomic E-state index is 0.642. The summed E-state index contributed by atoms with van der Waals surface area (Å²) < 4.78 is 6.61. The number of ether oxygens (including phenoxy) is 1. The van der Waals surface area contributed by atoms with Gasteiger partial charge in [-0.2, -0.15) is 0 Å². The molecule has 3 nitrogen and oxygen atoms in total. The lowest BCUT2D eigenvalue weighted by Gasteiger charge is -2.07. The van der Waals surface area contributed by atoms with Gasteiger partial charge in [0.05, 0.1) is 16.8 Å². The molecule has 3 rings (SSSR count). The molecule has 90 valence electrons. The van der Waals surface area contributed by atoms with Crippen molar-refractivity contribution in [3.8, 4) is 0 Å². The minimum Gasteiger partial charge on any atom is -0.381 e. The third-order valence-electron chi connectivity index (χ3n) is 3.11. The highest BCUT2D eigenvalue weighted by atomic mass is 32.1. The molecule has 0 bridgehead atoms. The maximum Gasteiger partial charge on any atom is 0.183 e. The number of anilines is 1. The molecule has 0 radical (unpaired) electrons. The molecule has 1 atom stereocenters. The van der Waals surface area contributed by atoms with Crippen LogP contribution in [-0.2, 0) is 4.74 Å². The van der Waals surface area contributed by atoms with E-state index < -0.39 is 0 Å². The van der Waals surface area contributed by atoms with Gasteiger partial charge in [-0.3, -0.25) is 0 Å². The lowest BCUT2D eigenvalue weighted by Crippen LogP contribution is -2.13. The van der Waals surface area contributed by atoms with Gasteiger partial charge in [-0.15, -0.1) is 0 Å². The maximum absolute atomic E-state index is 5.36. The van der Waals surface area contributed by atoms with Crippen LogP contribution in [-0.4, -0.2) is 24.7 Å². The molecule has 1 saturated heterocycles. The van der Waals surface area contributed by atoms with Gasteiger partial charge in [0.25, 0.3) is 0 Å². The van der Waals surface area contributed by atoms with Crippen LogP contribution in [0.5, 0.6) is 0 Å².